The van der Waals surface area contributed by atoms with E-state index in [0.717, 1.165) is 6.92 Å². The molecule has 0 aliphatic rings. The van der Waals surface area contributed by atoms with Crippen LogP contribution in [-0.4, -0.2) is 44.0 Å². The number of alkyl halides is 5. The molecule has 0 aliphatic heterocycles. The van der Waals surface area contributed by atoms with Gasteiger partial charge in [-0.3, -0.25) is 4.79 Å². The molecule has 1 N–H and O–H groups in total. The van der Waals surface area contributed by atoms with Gasteiger partial charge in [-0.15, -0.1) is 0 Å². The Balaban J connectivity index is 2.18. The molecule has 0 radical (unpaired) electrons. The summed E-state index contributed by atoms with van der Waals surface area (Å²) in [6.45, 7) is 1.98. The van der Waals surface area contributed by atoms with Crippen molar-refractivity contribution in [3.63, 3.8) is 0 Å². The summed E-state index contributed by atoms with van der Waals surface area (Å²) in [6.07, 6.45) is -2.28. The first-order valence-electron chi connectivity index (χ1n) is 10.3. The molecule has 198 valence electrons. The van der Waals surface area contributed by atoms with E-state index in [1.54, 1.807) is 0 Å². The number of hydrogen-bond donors (Lipinski definition) is 1. The molecule has 4 nitrogen and oxygen atoms in total. The first kappa shape index (κ1) is 30.3. The van der Waals surface area contributed by atoms with Crippen molar-refractivity contribution in [3.8, 4) is 0 Å². The smallest absolute Gasteiger partial charge is 0.349 e. The van der Waals surface area contributed by atoms with E-state index in [1.807, 2.05) is 0 Å². The van der Waals surface area contributed by atoms with E-state index < -0.39 is 51.3 Å². The van der Waals surface area contributed by atoms with Crippen LogP contribution in [0.1, 0.15) is 41.3 Å². The van der Waals surface area contributed by atoms with Gasteiger partial charge in [0.1, 0.15) is 5.75 Å². The van der Waals surface area contributed by atoms with E-state index in [2.05, 4.69) is 5.32 Å². The van der Waals surface area contributed by atoms with E-state index in [9.17, 15) is 35.2 Å². The largest absolute Gasteiger partial charge is 0.402 e. The standard InChI is InChI=1S/C23H21Cl3F5NO3S/c1-13(11-36(34,35)12-23(29,30)31)32-21(33)18-5-3-14(7-20(18)26)4-6-19(22(2,27)28)15-8-16(24)10-17(25)9-15/h3-10,13,19H,11-12H2,1-2H3,(H,32,33)/b6-4+/t13-,19?/m1/s1. The zero-order chi connectivity index (χ0) is 27.5. The lowest BCUT2D eigenvalue weighted by atomic mass is 9.92. The summed E-state index contributed by atoms with van der Waals surface area (Å²) in [6, 6.07) is 7.05. The van der Waals surface area contributed by atoms with Gasteiger partial charge in [0.25, 0.3) is 11.8 Å². The topological polar surface area (TPSA) is 63.2 Å². The number of benzene rings is 2. The number of rotatable bonds is 9. The molecular formula is C23H21Cl3F5NO3S. The molecule has 36 heavy (non-hydrogen) atoms. The Labute approximate surface area is 220 Å². The minimum Gasteiger partial charge on any atom is -0.349 e. The second-order valence-corrected chi connectivity index (χ2v) is 11.7. The van der Waals surface area contributed by atoms with Gasteiger partial charge in [0, 0.05) is 23.0 Å². The number of amides is 1. The molecule has 0 aromatic heterocycles. The predicted octanol–water partition coefficient (Wildman–Crippen LogP) is 7.19. The minimum absolute atomic E-state index is 0.0760. The molecule has 0 saturated heterocycles. The summed E-state index contributed by atoms with van der Waals surface area (Å²) in [5.74, 6) is -8.28. The maximum absolute atomic E-state index is 14.3. The third kappa shape index (κ3) is 9.53. The highest BCUT2D eigenvalue weighted by Gasteiger charge is 2.36. The van der Waals surface area contributed by atoms with Crippen LogP contribution in [0.15, 0.2) is 42.5 Å². The maximum atomic E-state index is 14.3. The number of carbonyl (C=O) groups excluding carboxylic acids is 1. The van der Waals surface area contributed by atoms with Crippen LogP contribution in [0.4, 0.5) is 22.0 Å². The maximum Gasteiger partial charge on any atom is 0.402 e. The second-order valence-electron chi connectivity index (χ2n) is 8.28. The number of carbonyl (C=O) groups is 1. The molecule has 0 saturated carbocycles. The highest BCUT2D eigenvalue weighted by atomic mass is 35.5. The average molecular weight is 593 g/mol. The number of sulfone groups is 1. The summed E-state index contributed by atoms with van der Waals surface area (Å²) in [5, 5.41) is 2.60. The second kappa shape index (κ2) is 11.7. The van der Waals surface area contributed by atoms with Crippen molar-refractivity contribution < 1.29 is 35.2 Å². The third-order valence-electron chi connectivity index (χ3n) is 4.77. The Morgan fingerprint density at radius 2 is 1.61 bits per heavy atom. The SMILES string of the molecule is C[C@H](CS(=O)(=O)CC(F)(F)F)NC(=O)c1ccc(/C=C/C(c2cc(Cl)cc(Cl)c2)C(C)(F)F)cc1Cl. The van der Waals surface area contributed by atoms with Gasteiger partial charge < -0.3 is 5.32 Å². The minimum atomic E-state index is -4.89. The molecule has 0 bridgehead atoms. The first-order valence-corrected chi connectivity index (χ1v) is 13.2. The Morgan fingerprint density at radius 1 is 1.03 bits per heavy atom. The average Bonchev–Trinajstić information content (AvgIpc) is 2.63. The van der Waals surface area contributed by atoms with Crippen molar-refractivity contribution >= 4 is 56.6 Å². The zero-order valence-corrected chi connectivity index (χ0v) is 21.9. The van der Waals surface area contributed by atoms with Gasteiger partial charge in [0.15, 0.2) is 9.84 Å². The fraction of sp³-hybridized carbons (Fsp3) is 0.348. The normalized spacial score (nSPS) is 14.6. The lowest BCUT2D eigenvalue weighted by molar-refractivity contribution is -0.106. The number of halogens is 8. The van der Waals surface area contributed by atoms with Crippen molar-refractivity contribution in [2.75, 3.05) is 11.5 Å². The van der Waals surface area contributed by atoms with Gasteiger partial charge >= 0.3 is 6.18 Å². The molecule has 2 atom stereocenters. The molecule has 0 fully saturated rings. The Bertz CT molecular complexity index is 1220. The molecule has 1 amide bonds. The highest BCUT2D eigenvalue weighted by Crippen LogP contribution is 2.37. The van der Waals surface area contributed by atoms with Crippen molar-refractivity contribution in [3.05, 3.63) is 74.2 Å². The molecule has 2 rings (SSSR count). The molecule has 1 unspecified atom stereocenters. The molecule has 13 heteroatoms. The number of hydrogen-bond acceptors (Lipinski definition) is 3. The van der Waals surface area contributed by atoms with Crippen molar-refractivity contribution in [1.29, 1.82) is 0 Å². The van der Waals surface area contributed by atoms with E-state index in [-0.39, 0.29) is 26.2 Å². The van der Waals surface area contributed by atoms with E-state index in [1.165, 1.54) is 55.5 Å². The molecule has 0 spiro atoms. The van der Waals surface area contributed by atoms with Crippen LogP contribution < -0.4 is 5.32 Å². The fourth-order valence-corrected chi connectivity index (χ4v) is 5.67. The lowest BCUT2D eigenvalue weighted by Crippen LogP contribution is -2.39. The highest BCUT2D eigenvalue weighted by molar-refractivity contribution is 7.91. The molecule has 2 aromatic carbocycles. The van der Waals surface area contributed by atoms with Gasteiger partial charge in [-0.25, -0.2) is 17.2 Å². The summed E-state index contributed by atoms with van der Waals surface area (Å²) >= 11 is 18.0. The van der Waals surface area contributed by atoms with Crippen molar-refractivity contribution in [1.82, 2.24) is 5.32 Å². The fourth-order valence-electron chi connectivity index (χ4n) is 3.39. The number of nitrogens with one attached hydrogen (secondary N) is 1. The van der Waals surface area contributed by atoms with Crippen LogP contribution >= 0.6 is 34.8 Å². The summed E-state index contributed by atoms with van der Waals surface area (Å²) < 4.78 is 89.1. The third-order valence-corrected chi connectivity index (χ3v) is 7.30. The van der Waals surface area contributed by atoms with Gasteiger partial charge in [-0.2, -0.15) is 13.2 Å². The summed E-state index contributed by atoms with van der Waals surface area (Å²) in [7, 11) is -4.50. The van der Waals surface area contributed by atoms with Gasteiger partial charge in [-0.05, 0) is 48.4 Å². The Morgan fingerprint density at radius 3 is 2.11 bits per heavy atom. The van der Waals surface area contributed by atoms with Crippen molar-refractivity contribution in [2.24, 2.45) is 0 Å². The molecule has 2 aromatic rings. The Hall–Kier alpha value is -1.88. The van der Waals surface area contributed by atoms with E-state index >= 15 is 0 Å². The van der Waals surface area contributed by atoms with E-state index in [4.69, 9.17) is 34.8 Å². The monoisotopic (exact) mass is 591 g/mol. The van der Waals surface area contributed by atoms with Gasteiger partial charge in [0.2, 0.25) is 0 Å². The van der Waals surface area contributed by atoms with Gasteiger partial charge in [-0.1, -0.05) is 53.0 Å². The summed E-state index contributed by atoms with van der Waals surface area (Å²) in [4.78, 5) is 12.4. The van der Waals surface area contributed by atoms with Crippen LogP contribution in [0.3, 0.4) is 0 Å². The van der Waals surface area contributed by atoms with E-state index in [0.29, 0.717) is 5.56 Å². The zero-order valence-electron chi connectivity index (χ0n) is 18.8. The molecular weight excluding hydrogens is 572 g/mol. The molecule has 0 aliphatic carbocycles. The Kier molecular flexibility index (Phi) is 9.83. The quantitative estimate of drug-likeness (QED) is 0.314. The van der Waals surface area contributed by atoms with Gasteiger partial charge in [0.05, 0.1) is 22.3 Å². The molecule has 0 heterocycles. The predicted molar refractivity (Wildman–Crippen MR) is 132 cm³/mol. The number of allylic oxidation sites excluding steroid dienone is 1. The lowest BCUT2D eigenvalue weighted by Gasteiger charge is -2.21. The van der Waals surface area contributed by atoms with Crippen LogP contribution in [0.25, 0.3) is 6.08 Å². The van der Waals surface area contributed by atoms with Crippen molar-refractivity contribution in [2.45, 2.75) is 37.9 Å². The van der Waals surface area contributed by atoms with Crippen LogP contribution in [0.5, 0.6) is 0 Å². The van der Waals surface area contributed by atoms with Crippen LogP contribution in [0.2, 0.25) is 15.1 Å². The van der Waals surface area contributed by atoms with Crippen LogP contribution in [0, 0.1) is 0 Å². The first-order chi connectivity index (χ1) is 16.4. The van der Waals surface area contributed by atoms with Crippen LogP contribution in [-0.2, 0) is 9.84 Å². The summed E-state index contributed by atoms with van der Waals surface area (Å²) in [5.41, 5.74) is 0.486.